The zero-order valence-electron chi connectivity index (χ0n) is 16.0. The van der Waals surface area contributed by atoms with E-state index in [1.165, 1.54) is 16.8 Å². The molecule has 3 aromatic heterocycles. The standard InChI is InChI=1S/C21H15Cl2N5O3/c22-13-6-7-15(23)16(10-13)26-18(29)12-27-17-5-3-9-25-19(17)20(30)28(21(27)31)11-14-4-1-2-8-24-14/h1-10H,11-12H2,(H,26,29). The third-order valence-electron chi connectivity index (χ3n) is 4.54. The summed E-state index contributed by atoms with van der Waals surface area (Å²) in [6.45, 7) is -0.404. The van der Waals surface area contributed by atoms with E-state index in [0.717, 1.165) is 4.57 Å². The van der Waals surface area contributed by atoms with Gasteiger partial charge in [0.1, 0.15) is 6.54 Å². The first-order chi connectivity index (χ1) is 14.9. The number of anilines is 1. The summed E-state index contributed by atoms with van der Waals surface area (Å²) in [6.07, 6.45) is 3.02. The topological polar surface area (TPSA) is 98.9 Å². The lowest BCUT2D eigenvalue weighted by atomic mass is 10.3. The van der Waals surface area contributed by atoms with Crippen molar-refractivity contribution in [3.05, 3.63) is 97.5 Å². The number of carbonyl (C=O) groups is 1. The van der Waals surface area contributed by atoms with E-state index >= 15 is 0 Å². The lowest BCUT2D eigenvalue weighted by molar-refractivity contribution is -0.116. The Bertz CT molecular complexity index is 1400. The predicted molar refractivity (Wildman–Crippen MR) is 119 cm³/mol. The molecule has 0 saturated carbocycles. The summed E-state index contributed by atoms with van der Waals surface area (Å²) in [5.74, 6) is -0.514. The van der Waals surface area contributed by atoms with Gasteiger partial charge in [0.15, 0.2) is 5.52 Å². The van der Waals surface area contributed by atoms with Crippen LogP contribution in [0.2, 0.25) is 10.0 Å². The first-order valence-corrected chi connectivity index (χ1v) is 9.93. The van der Waals surface area contributed by atoms with E-state index < -0.39 is 17.2 Å². The van der Waals surface area contributed by atoms with Gasteiger partial charge in [-0.1, -0.05) is 29.3 Å². The molecule has 0 unspecified atom stereocenters. The molecule has 8 nitrogen and oxygen atoms in total. The van der Waals surface area contributed by atoms with Gasteiger partial charge in [-0.05, 0) is 42.5 Å². The first kappa shape index (κ1) is 20.8. The van der Waals surface area contributed by atoms with Crippen molar-refractivity contribution in [3.8, 4) is 0 Å². The number of rotatable bonds is 5. The van der Waals surface area contributed by atoms with Crippen LogP contribution < -0.4 is 16.6 Å². The average Bonchev–Trinajstić information content (AvgIpc) is 2.77. The van der Waals surface area contributed by atoms with Crippen LogP contribution in [0.4, 0.5) is 5.69 Å². The van der Waals surface area contributed by atoms with Gasteiger partial charge in [-0.2, -0.15) is 0 Å². The minimum atomic E-state index is -0.650. The van der Waals surface area contributed by atoms with E-state index in [1.807, 2.05) is 0 Å². The molecule has 0 aliphatic heterocycles. The number of hydrogen-bond acceptors (Lipinski definition) is 5. The van der Waals surface area contributed by atoms with E-state index in [2.05, 4.69) is 15.3 Å². The fourth-order valence-electron chi connectivity index (χ4n) is 3.12. The third-order valence-corrected chi connectivity index (χ3v) is 5.10. The van der Waals surface area contributed by atoms with Crippen LogP contribution in [0.15, 0.2) is 70.5 Å². The lowest BCUT2D eigenvalue weighted by Gasteiger charge is -2.14. The normalized spacial score (nSPS) is 10.9. The fraction of sp³-hybridized carbons (Fsp3) is 0.0952. The maximum Gasteiger partial charge on any atom is 0.332 e. The average molecular weight is 456 g/mol. The molecular weight excluding hydrogens is 441 g/mol. The molecule has 1 aromatic carbocycles. The molecule has 0 fully saturated rings. The molecule has 4 aromatic rings. The molecule has 156 valence electrons. The van der Waals surface area contributed by atoms with Crippen LogP contribution in [-0.4, -0.2) is 25.0 Å². The third kappa shape index (κ3) is 4.35. The number of nitrogens with zero attached hydrogens (tertiary/aromatic N) is 4. The van der Waals surface area contributed by atoms with Gasteiger partial charge in [0.2, 0.25) is 5.91 Å². The number of carbonyl (C=O) groups excluding carboxylic acids is 1. The summed E-state index contributed by atoms with van der Waals surface area (Å²) in [5, 5.41) is 3.34. The van der Waals surface area contributed by atoms with Crippen LogP contribution >= 0.6 is 23.2 Å². The number of fused-ring (bicyclic) bond motifs is 1. The number of pyridine rings is 2. The molecule has 1 N–H and O–H groups in total. The van der Waals surface area contributed by atoms with Crippen LogP contribution in [0.25, 0.3) is 11.0 Å². The molecule has 0 aliphatic carbocycles. The number of nitrogens with one attached hydrogen (secondary N) is 1. The van der Waals surface area contributed by atoms with Crippen LogP contribution in [-0.2, 0) is 17.9 Å². The zero-order chi connectivity index (χ0) is 22.0. The quantitative estimate of drug-likeness (QED) is 0.498. The molecule has 3 heterocycles. The van der Waals surface area contributed by atoms with E-state index in [9.17, 15) is 14.4 Å². The SMILES string of the molecule is O=C(Cn1c(=O)n(Cc2ccccn2)c(=O)c2ncccc21)Nc1cc(Cl)ccc1Cl. The van der Waals surface area contributed by atoms with Gasteiger partial charge in [-0.25, -0.2) is 9.78 Å². The molecule has 0 atom stereocenters. The molecule has 0 aliphatic rings. The van der Waals surface area contributed by atoms with Crippen LogP contribution in [0.1, 0.15) is 5.69 Å². The van der Waals surface area contributed by atoms with Crippen LogP contribution in [0.5, 0.6) is 0 Å². The molecule has 0 spiro atoms. The van der Waals surface area contributed by atoms with Gasteiger partial charge in [-0.15, -0.1) is 0 Å². The zero-order valence-corrected chi connectivity index (χ0v) is 17.5. The monoisotopic (exact) mass is 455 g/mol. The maximum absolute atomic E-state index is 13.2. The Morgan fingerprint density at radius 1 is 0.968 bits per heavy atom. The highest BCUT2D eigenvalue weighted by atomic mass is 35.5. The Morgan fingerprint density at radius 2 is 1.77 bits per heavy atom. The summed E-state index contributed by atoms with van der Waals surface area (Å²) >= 11 is 12.1. The Hall–Kier alpha value is -3.49. The second-order valence-electron chi connectivity index (χ2n) is 6.62. The van der Waals surface area contributed by atoms with Crippen molar-refractivity contribution < 1.29 is 4.79 Å². The highest BCUT2D eigenvalue weighted by molar-refractivity contribution is 6.35. The van der Waals surface area contributed by atoms with Gasteiger partial charge in [0.25, 0.3) is 5.56 Å². The Labute approximate surface area is 185 Å². The lowest BCUT2D eigenvalue weighted by Crippen LogP contribution is -2.42. The number of hydrogen-bond donors (Lipinski definition) is 1. The van der Waals surface area contributed by atoms with Crippen LogP contribution in [0, 0.1) is 0 Å². The molecule has 31 heavy (non-hydrogen) atoms. The number of amides is 1. The number of benzene rings is 1. The Kier molecular flexibility index (Phi) is 5.83. The minimum absolute atomic E-state index is 0.0488. The Morgan fingerprint density at radius 3 is 2.55 bits per heavy atom. The molecule has 4 rings (SSSR count). The maximum atomic E-state index is 13.2. The summed E-state index contributed by atoms with van der Waals surface area (Å²) in [6, 6.07) is 13.0. The van der Waals surface area contributed by atoms with Gasteiger partial charge >= 0.3 is 5.69 Å². The highest BCUT2D eigenvalue weighted by Gasteiger charge is 2.17. The van der Waals surface area contributed by atoms with Crippen molar-refractivity contribution in [2.24, 2.45) is 0 Å². The first-order valence-electron chi connectivity index (χ1n) is 9.17. The van der Waals surface area contributed by atoms with Crippen molar-refractivity contribution in [1.29, 1.82) is 0 Å². The van der Waals surface area contributed by atoms with E-state index in [4.69, 9.17) is 23.2 Å². The molecule has 10 heteroatoms. The molecule has 0 bridgehead atoms. The van der Waals surface area contributed by atoms with Gasteiger partial charge in [0.05, 0.1) is 28.5 Å². The van der Waals surface area contributed by atoms with Gasteiger partial charge in [-0.3, -0.25) is 23.7 Å². The van der Waals surface area contributed by atoms with E-state index in [0.29, 0.717) is 21.4 Å². The fourth-order valence-corrected chi connectivity index (χ4v) is 3.45. The largest absolute Gasteiger partial charge is 0.332 e. The second-order valence-corrected chi connectivity index (χ2v) is 7.47. The molecule has 1 amide bonds. The molecule has 0 radical (unpaired) electrons. The summed E-state index contributed by atoms with van der Waals surface area (Å²) in [5.41, 5.74) is -0.0341. The van der Waals surface area contributed by atoms with Crippen molar-refractivity contribution >= 4 is 45.8 Å². The molecular formula is C21H15Cl2N5O3. The number of halogens is 2. The number of aromatic nitrogens is 4. The smallest absolute Gasteiger partial charge is 0.323 e. The Balaban J connectivity index is 1.76. The van der Waals surface area contributed by atoms with Crippen molar-refractivity contribution in [3.63, 3.8) is 0 Å². The summed E-state index contributed by atoms with van der Waals surface area (Å²) < 4.78 is 2.21. The van der Waals surface area contributed by atoms with E-state index in [-0.39, 0.29) is 24.1 Å². The molecule has 0 saturated heterocycles. The second kappa shape index (κ2) is 8.71. The van der Waals surface area contributed by atoms with Crippen molar-refractivity contribution in [2.45, 2.75) is 13.1 Å². The van der Waals surface area contributed by atoms with E-state index in [1.54, 1.807) is 48.7 Å². The van der Waals surface area contributed by atoms with Gasteiger partial charge < -0.3 is 5.32 Å². The summed E-state index contributed by atoms with van der Waals surface area (Å²) in [7, 11) is 0. The minimum Gasteiger partial charge on any atom is -0.323 e. The van der Waals surface area contributed by atoms with Crippen molar-refractivity contribution in [2.75, 3.05) is 5.32 Å². The van der Waals surface area contributed by atoms with Gasteiger partial charge in [0, 0.05) is 17.4 Å². The van der Waals surface area contributed by atoms with Crippen molar-refractivity contribution in [1.82, 2.24) is 19.1 Å². The highest BCUT2D eigenvalue weighted by Crippen LogP contribution is 2.25. The summed E-state index contributed by atoms with van der Waals surface area (Å²) in [4.78, 5) is 47.0. The van der Waals surface area contributed by atoms with Crippen LogP contribution in [0.3, 0.4) is 0 Å². The predicted octanol–water partition coefficient (Wildman–Crippen LogP) is 2.95.